The molecule has 0 unspecified atom stereocenters. The first-order valence-electron chi connectivity index (χ1n) is 7.69. The van der Waals surface area contributed by atoms with Gasteiger partial charge in [0.15, 0.2) is 0 Å². The number of aromatic nitrogens is 3. The molecule has 3 aromatic rings. The van der Waals surface area contributed by atoms with Gasteiger partial charge in [0.05, 0.1) is 6.10 Å². The van der Waals surface area contributed by atoms with E-state index in [9.17, 15) is 4.79 Å². The van der Waals surface area contributed by atoms with Gasteiger partial charge in [0.25, 0.3) is 0 Å². The number of carbonyl (C=O) groups is 1. The molecule has 0 bridgehead atoms. The van der Waals surface area contributed by atoms with Gasteiger partial charge < -0.3 is 10.1 Å². The van der Waals surface area contributed by atoms with Gasteiger partial charge in [-0.2, -0.15) is 0 Å². The third kappa shape index (κ3) is 4.74. The van der Waals surface area contributed by atoms with E-state index in [-0.39, 0.29) is 12.1 Å². The zero-order valence-electron chi connectivity index (χ0n) is 13.8. The molecule has 0 spiro atoms. The molecule has 0 fully saturated rings. The summed E-state index contributed by atoms with van der Waals surface area (Å²) in [6.45, 7) is 3.89. The average molecular weight is 355 g/mol. The number of pyridine rings is 1. The van der Waals surface area contributed by atoms with Crippen molar-refractivity contribution in [3.8, 4) is 16.3 Å². The first-order valence-corrected chi connectivity index (χ1v) is 8.50. The van der Waals surface area contributed by atoms with Gasteiger partial charge in [0, 0.05) is 29.7 Å². The molecule has 25 heavy (non-hydrogen) atoms. The van der Waals surface area contributed by atoms with Gasteiger partial charge in [-0.15, -0.1) is 10.2 Å². The Kier molecular flexibility index (Phi) is 5.20. The number of nitrogens with zero attached hydrogens (tertiary/aromatic N) is 3. The van der Waals surface area contributed by atoms with Crippen LogP contribution in [-0.2, 0) is 0 Å². The smallest absolute Gasteiger partial charge is 0.325 e. The minimum absolute atomic E-state index is 0.0667. The Morgan fingerprint density at radius 1 is 1.12 bits per heavy atom. The topological polar surface area (TPSA) is 89.0 Å². The summed E-state index contributed by atoms with van der Waals surface area (Å²) in [4.78, 5) is 16.1. The SMILES string of the molecule is CC(C)Oc1cccc(NC(=O)Nc2nnc(-c3ccncc3)s2)c1. The van der Waals surface area contributed by atoms with Crippen molar-refractivity contribution in [1.29, 1.82) is 0 Å². The lowest BCUT2D eigenvalue weighted by atomic mass is 10.3. The highest BCUT2D eigenvalue weighted by Gasteiger charge is 2.10. The van der Waals surface area contributed by atoms with Crippen LogP contribution >= 0.6 is 11.3 Å². The molecule has 2 aromatic heterocycles. The Balaban J connectivity index is 1.62. The molecule has 0 atom stereocenters. The molecule has 0 saturated heterocycles. The molecular weight excluding hydrogens is 338 g/mol. The Labute approximate surface area is 149 Å². The molecule has 2 amide bonds. The molecule has 2 heterocycles. The van der Waals surface area contributed by atoms with Crippen LogP contribution in [-0.4, -0.2) is 27.3 Å². The molecule has 0 saturated carbocycles. The maximum absolute atomic E-state index is 12.1. The van der Waals surface area contributed by atoms with Gasteiger partial charge >= 0.3 is 6.03 Å². The summed E-state index contributed by atoms with van der Waals surface area (Å²) in [6, 6.07) is 10.5. The second-order valence-corrected chi connectivity index (χ2v) is 6.40. The lowest BCUT2D eigenvalue weighted by Crippen LogP contribution is -2.19. The highest BCUT2D eigenvalue weighted by Crippen LogP contribution is 2.26. The number of hydrogen-bond donors (Lipinski definition) is 2. The highest BCUT2D eigenvalue weighted by molar-refractivity contribution is 7.18. The molecular formula is C17H17N5O2S. The van der Waals surface area contributed by atoms with Crippen molar-refractivity contribution >= 4 is 28.2 Å². The molecule has 3 rings (SSSR count). The lowest BCUT2D eigenvalue weighted by molar-refractivity contribution is 0.242. The number of hydrogen-bond acceptors (Lipinski definition) is 6. The Hall–Kier alpha value is -3.00. The predicted octanol–water partition coefficient (Wildman–Crippen LogP) is 4.03. The molecule has 8 heteroatoms. The van der Waals surface area contributed by atoms with Gasteiger partial charge in [0.2, 0.25) is 5.13 Å². The van der Waals surface area contributed by atoms with Crippen molar-refractivity contribution in [1.82, 2.24) is 15.2 Å². The normalized spacial score (nSPS) is 10.5. The average Bonchev–Trinajstić information content (AvgIpc) is 3.03. The number of urea groups is 1. The maximum Gasteiger partial charge on any atom is 0.325 e. The van der Waals surface area contributed by atoms with E-state index in [1.165, 1.54) is 11.3 Å². The second-order valence-electron chi connectivity index (χ2n) is 5.42. The summed E-state index contributed by atoms with van der Waals surface area (Å²) in [5.74, 6) is 0.698. The Morgan fingerprint density at radius 3 is 2.68 bits per heavy atom. The van der Waals surface area contributed by atoms with E-state index < -0.39 is 0 Å². The van der Waals surface area contributed by atoms with Crippen LogP contribution in [0.15, 0.2) is 48.8 Å². The van der Waals surface area contributed by atoms with E-state index >= 15 is 0 Å². The van der Waals surface area contributed by atoms with Crippen LogP contribution in [0.1, 0.15) is 13.8 Å². The largest absolute Gasteiger partial charge is 0.491 e. The Morgan fingerprint density at radius 2 is 1.92 bits per heavy atom. The molecule has 0 aliphatic rings. The van der Waals surface area contributed by atoms with Crippen LogP contribution in [0.5, 0.6) is 5.75 Å². The fraction of sp³-hybridized carbons (Fsp3) is 0.176. The van der Waals surface area contributed by atoms with Gasteiger partial charge in [0.1, 0.15) is 10.8 Å². The fourth-order valence-electron chi connectivity index (χ4n) is 2.06. The van der Waals surface area contributed by atoms with E-state index in [0.29, 0.717) is 21.6 Å². The first kappa shape index (κ1) is 16.8. The van der Waals surface area contributed by atoms with Crippen molar-refractivity contribution in [3.63, 3.8) is 0 Å². The monoisotopic (exact) mass is 355 g/mol. The number of amides is 2. The fourth-order valence-corrected chi connectivity index (χ4v) is 2.81. The minimum atomic E-state index is -0.390. The molecule has 0 radical (unpaired) electrons. The quantitative estimate of drug-likeness (QED) is 0.721. The third-order valence-electron chi connectivity index (χ3n) is 3.04. The molecule has 2 N–H and O–H groups in total. The van der Waals surface area contributed by atoms with Crippen molar-refractivity contribution < 1.29 is 9.53 Å². The van der Waals surface area contributed by atoms with Crippen molar-refractivity contribution in [3.05, 3.63) is 48.8 Å². The third-order valence-corrected chi connectivity index (χ3v) is 3.92. The van der Waals surface area contributed by atoms with Crippen molar-refractivity contribution in [2.24, 2.45) is 0 Å². The molecule has 0 aliphatic heterocycles. The van der Waals surface area contributed by atoms with Gasteiger partial charge in [-0.05, 0) is 38.1 Å². The van der Waals surface area contributed by atoms with Crippen LogP contribution < -0.4 is 15.4 Å². The summed E-state index contributed by atoms with van der Waals surface area (Å²) < 4.78 is 5.61. The lowest BCUT2D eigenvalue weighted by Gasteiger charge is -2.11. The van der Waals surface area contributed by atoms with Crippen molar-refractivity contribution in [2.75, 3.05) is 10.6 Å². The minimum Gasteiger partial charge on any atom is -0.491 e. The van der Waals surface area contributed by atoms with Crippen LogP contribution in [0.2, 0.25) is 0 Å². The number of anilines is 2. The number of nitrogens with one attached hydrogen (secondary N) is 2. The molecule has 7 nitrogen and oxygen atoms in total. The first-order chi connectivity index (χ1) is 12.1. The number of carbonyl (C=O) groups excluding carboxylic acids is 1. The molecule has 0 aliphatic carbocycles. The maximum atomic E-state index is 12.1. The van der Waals surface area contributed by atoms with Crippen LogP contribution in [0.4, 0.5) is 15.6 Å². The predicted molar refractivity (Wildman–Crippen MR) is 98.0 cm³/mol. The number of ether oxygens (including phenoxy) is 1. The Bertz CT molecular complexity index is 851. The van der Waals surface area contributed by atoms with E-state index in [0.717, 1.165) is 5.56 Å². The summed E-state index contributed by atoms with van der Waals surface area (Å²) in [5.41, 5.74) is 1.54. The van der Waals surface area contributed by atoms with E-state index in [1.807, 2.05) is 38.1 Å². The standard InChI is InChI=1S/C17H17N5O2S/c1-11(2)24-14-5-3-4-13(10-14)19-16(23)20-17-22-21-15(25-17)12-6-8-18-9-7-12/h3-11H,1-2H3,(H2,19,20,22,23). The van der Waals surface area contributed by atoms with E-state index in [1.54, 1.807) is 24.5 Å². The van der Waals surface area contributed by atoms with Crippen molar-refractivity contribution in [2.45, 2.75) is 20.0 Å². The number of rotatable bonds is 5. The summed E-state index contributed by atoms with van der Waals surface area (Å²) in [5, 5.41) is 14.6. The van der Waals surface area contributed by atoms with Crippen LogP contribution in [0.3, 0.4) is 0 Å². The molecule has 128 valence electrons. The summed E-state index contributed by atoms with van der Waals surface area (Å²) in [6.07, 6.45) is 3.43. The number of benzene rings is 1. The summed E-state index contributed by atoms with van der Waals surface area (Å²) >= 11 is 1.29. The van der Waals surface area contributed by atoms with Crippen LogP contribution in [0.25, 0.3) is 10.6 Å². The van der Waals surface area contributed by atoms with E-state index in [2.05, 4.69) is 25.8 Å². The van der Waals surface area contributed by atoms with Gasteiger partial charge in [-0.3, -0.25) is 10.3 Å². The van der Waals surface area contributed by atoms with E-state index in [4.69, 9.17) is 4.74 Å². The zero-order valence-corrected chi connectivity index (χ0v) is 14.6. The van der Waals surface area contributed by atoms with Crippen LogP contribution in [0, 0.1) is 0 Å². The molecule has 1 aromatic carbocycles. The van der Waals surface area contributed by atoms with Gasteiger partial charge in [-0.25, -0.2) is 4.79 Å². The van der Waals surface area contributed by atoms with Gasteiger partial charge in [-0.1, -0.05) is 17.4 Å². The zero-order chi connectivity index (χ0) is 17.6. The second kappa shape index (κ2) is 7.71. The highest BCUT2D eigenvalue weighted by atomic mass is 32.1. The summed E-state index contributed by atoms with van der Waals surface area (Å²) in [7, 11) is 0.